The fourth-order valence-corrected chi connectivity index (χ4v) is 4.95. The molecule has 1 aliphatic carbocycles. The van der Waals surface area contributed by atoms with Crippen LogP contribution in [-0.4, -0.2) is 59.9 Å². The molecular weight excluding hydrogens is 366 g/mol. The van der Waals surface area contributed by atoms with Crippen molar-refractivity contribution >= 4 is 23.5 Å². The van der Waals surface area contributed by atoms with Gasteiger partial charge in [-0.2, -0.15) is 0 Å². The lowest BCUT2D eigenvalue weighted by atomic mass is 9.75. The zero-order valence-corrected chi connectivity index (χ0v) is 16.5. The Morgan fingerprint density at radius 3 is 2.78 bits per heavy atom. The molecule has 3 heterocycles. The molecule has 4 rings (SSSR count). The average molecular weight is 392 g/mol. The van der Waals surface area contributed by atoms with Crippen LogP contribution in [-0.2, 0) is 15.1 Å². The van der Waals surface area contributed by atoms with Crippen LogP contribution in [0, 0.1) is 5.92 Å². The highest BCUT2D eigenvalue weighted by Gasteiger charge is 2.49. The zero-order chi connectivity index (χ0) is 19.0. The van der Waals surface area contributed by atoms with Crippen molar-refractivity contribution in [3.05, 3.63) is 28.5 Å². The van der Waals surface area contributed by atoms with E-state index < -0.39 is 11.6 Å². The van der Waals surface area contributed by atoms with Gasteiger partial charge in [0.1, 0.15) is 16.3 Å². The second-order valence-corrected chi connectivity index (χ2v) is 8.35. The molecule has 0 unspecified atom stereocenters. The summed E-state index contributed by atoms with van der Waals surface area (Å²) in [7, 11) is 1.90. The molecule has 0 bridgehead atoms. The Morgan fingerprint density at radius 2 is 2.07 bits per heavy atom. The summed E-state index contributed by atoms with van der Waals surface area (Å²) >= 11 is 6.10. The second kappa shape index (κ2) is 7.40. The third-order valence-corrected chi connectivity index (χ3v) is 6.64. The number of nitrogens with zero attached hydrogens (tertiary/aromatic N) is 3. The lowest BCUT2D eigenvalue weighted by Crippen LogP contribution is -2.41. The van der Waals surface area contributed by atoms with Gasteiger partial charge in [0.25, 0.3) is 0 Å². The molecule has 0 radical (unpaired) electrons. The Kier molecular flexibility index (Phi) is 5.12. The minimum Gasteiger partial charge on any atom is -0.450 e. The number of pyridine rings is 1. The molecule has 6 nitrogen and oxygen atoms in total. The number of hydrogen-bond acceptors (Lipinski definition) is 5. The first-order valence-corrected chi connectivity index (χ1v) is 10.2. The summed E-state index contributed by atoms with van der Waals surface area (Å²) in [5.41, 5.74) is 0.594. The van der Waals surface area contributed by atoms with Crippen molar-refractivity contribution in [1.82, 2.24) is 14.8 Å². The van der Waals surface area contributed by atoms with Crippen molar-refractivity contribution in [1.29, 1.82) is 0 Å². The second-order valence-electron chi connectivity index (χ2n) is 7.99. The van der Waals surface area contributed by atoms with E-state index in [0.717, 1.165) is 44.6 Å². The lowest BCUT2D eigenvalue weighted by Gasteiger charge is -2.37. The predicted molar refractivity (Wildman–Crippen MR) is 102 cm³/mol. The van der Waals surface area contributed by atoms with Gasteiger partial charge in [0.2, 0.25) is 5.91 Å². The number of carbonyl (C=O) groups is 2. The average Bonchev–Trinajstić information content (AvgIpc) is 3.28. The summed E-state index contributed by atoms with van der Waals surface area (Å²) in [5, 5.41) is 0.203. The van der Waals surface area contributed by atoms with E-state index in [0.29, 0.717) is 18.4 Å². The van der Waals surface area contributed by atoms with Crippen molar-refractivity contribution in [2.45, 2.75) is 44.1 Å². The minimum atomic E-state index is -0.635. The SMILES string of the molecule is CN(CCN1CCCC1)C(=O)[C@H]1CC[C@@]2(CC1)OC(=O)c1c(Cl)nccc12. The van der Waals surface area contributed by atoms with E-state index in [1.165, 1.54) is 12.8 Å². The maximum atomic E-state index is 12.8. The zero-order valence-electron chi connectivity index (χ0n) is 15.7. The quantitative estimate of drug-likeness (QED) is 0.583. The number of esters is 1. The minimum absolute atomic E-state index is 0.000681. The van der Waals surface area contributed by atoms with Gasteiger partial charge in [-0.25, -0.2) is 9.78 Å². The Hall–Kier alpha value is -1.66. The lowest BCUT2D eigenvalue weighted by molar-refractivity contribution is -0.137. The van der Waals surface area contributed by atoms with Crippen LogP contribution in [0.3, 0.4) is 0 Å². The van der Waals surface area contributed by atoms with Crippen LogP contribution in [0.1, 0.15) is 54.4 Å². The van der Waals surface area contributed by atoms with E-state index in [-0.39, 0.29) is 17.0 Å². The summed E-state index contributed by atoms with van der Waals surface area (Å²) in [6, 6.07) is 1.83. The summed E-state index contributed by atoms with van der Waals surface area (Å²) in [5.74, 6) is -0.184. The van der Waals surface area contributed by atoms with Crippen molar-refractivity contribution < 1.29 is 14.3 Å². The summed E-state index contributed by atoms with van der Waals surface area (Å²) in [4.78, 5) is 33.4. The predicted octanol–water partition coefficient (Wildman–Crippen LogP) is 2.85. The van der Waals surface area contributed by atoms with Gasteiger partial charge in [0, 0.05) is 37.8 Å². The number of likely N-dealkylation sites (tertiary alicyclic amines) is 1. The van der Waals surface area contributed by atoms with E-state index in [9.17, 15) is 9.59 Å². The molecule has 0 aromatic carbocycles. The van der Waals surface area contributed by atoms with Crippen LogP contribution < -0.4 is 0 Å². The number of hydrogen-bond donors (Lipinski definition) is 0. The normalized spacial score (nSPS) is 27.6. The monoisotopic (exact) mass is 391 g/mol. The fraction of sp³-hybridized carbons (Fsp3) is 0.650. The molecule has 7 heteroatoms. The van der Waals surface area contributed by atoms with Gasteiger partial charge in [0.05, 0.1) is 0 Å². The van der Waals surface area contributed by atoms with E-state index in [1.54, 1.807) is 6.20 Å². The molecule has 2 fully saturated rings. The number of likely N-dealkylation sites (N-methyl/N-ethyl adjacent to an activating group) is 1. The third kappa shape index (κ3) is 3.45. The molecule has 1 aromatic rings. The smallest absolute Gasteiger partial charge is 0.342 e. The van der Waals surface area contributed by atoms with Crippen molar-refractivity contribution in [2.75, 3.05) is 33.2 Å². The number of fused-ring (bicyclic) bond motifs is 2. The van der Waals surface area contributed by atoms with Crippen LogP contribution >= 0.6 is 11.6 Å². The molecule has 27 heavy (non-hydrogen) atoms. The van der Waals surface area contributed by atoms with Crippen LogP contribution in [0.2, 0.25) is 5.15 Å². The fourth-order valence-electron chi connectivity index (χ4n) is 4.72. The molecule has 146 valence electrons. The number of carbonyl (C=O) groups excluding carboxylic acids is 2. The molecule has 0 N–H and O–H groups in total. The summed E-state index contributed by atoms with van der Waals surface area (Å²) in [6.45, 7) is 4.03. The maximum Gasteiger partial charge on any atom is 0.342 e. The first-order valence-electron chi connectivity index (χ1n) is 9.86. The van der Waals surface area contributed by atoms with Crippen molar-refractivity contribution in [3.63, 3.8) is 0 Å². The standard InChI is InChI=1S/C20H26ClN3O3/c1-23(12-13-24-10-2-3-11-24)18(25)14-4-7-20(8-5-14)15-6-9-22-17(21)16(15)19(26)27-20/h6,9,14H,2-5,7-8,10-13H2,1H3/t14-,20-. The largest absolute Gasteiger partial charge is 0.450 e. The highest BCUT2D eigenvalue weighted by atomic mass is 35.5. The Labute approximate surface area is 164 Å². The molecule has 1 saturated heterocycles. The van der Waals surface area contributed by atoms with Crippen molar-refractivity contribution in [2.24, 2.45) is 5.92 Å². The highest BCUT2D eigenvalue weighted by molar-refractivity contribution is 6.32. The maximum absolute atomic E-state index is 12.8. The molecule has 0 atom stereocenters. The van der Waals surface area contributed by atoms with Gasteiger partial charge in [-0.1, -0.05) is 11.6 Å². The van der Waals surface area contributed by atoms with Crippen LogP contribution in [0.25, 0.3) is 0 Å². The topological polar surface area (TPSA) is 62.7 Å². The molecule has 1 amide bonds. The first kappa shape index (κ1) is 18.7. The molecule has 1 spiro atoms. The molecule has 1 saturated carbocycles. The molecule has 2 aliphatic heterocycles. The number of rotatable bonds is 4. The summed E-state index contributed by atoms with van der Waals surface area (Å²) < 4.78 is 5.75. The van der Waals surface area contributed by atoms with Crippen LogP contribution in [0.15, 0.2) is 12.3 Å². The number of amides is 1. The van der Waals surface area contributed by atoms with E-state index in [1.807, 2.05) is 18.0 Å². The van der Waals surface area contributed by atoms with E-state index >= 15 is 0 Å². The van der Waals surface area contributed by atoms with Crippen LogP contribution in [0.4, 0.5) is 0 Å². The number of aromatic nitrogens is 1. The molecular formula is C20H26ClN3O3. The molecule has 3 aliphatic rings. The first-order chi connectivity index (χ1) is 13.0. The van der Waals surface area contributed by atoms with E-state index in [2.05, 4.69) is 9.88 Å². The van der Waals surface area contributed by atoms with Gasteiger partial charge >= 0.3 is 5.97 Å². The van der Waals surface area contributed by atoms with Crippen molar-refractivity contribution in [3.8, 4) is 0 Å². The Balaban J connectivity index is 1.37. The number of ether oxygens (including phenoxy) is 1. The third-order valence-electron chi connectivity index (χ3n) is 6.36. The van der Waals surface area contributed by atoms with Crippen LogP contribution in [0.5, 0.6) is 0 Å². The van der Waals surface area contributed by atoms with Gasteiger partial charge in [-0.05, 0) is 57.7 Å². The van der Waals surface area contributed by atoms with Gasteiger partial charge in [0.15, 0.2) is 0 Å². The summed E-state index contributed by atoms with van der Waals surface area (Å²) in [6.07, 6.45) is 6.91. The molecule has 1 aromatic heterocycles. The van der Waals surface area contributed by atoms with Gasteiger partial charge in [-0.15, -0.1) is 0 Å². The Bertz CT molecular complexity index is 740. The highest BCUT2D eigenvalue weighted by Crippen LogP contribution is 2.49. The van der Waals surface area contributed by atoms with Gasteiger partial charge < -0.3 is 14.5 Å². The Morgan fingerprint density at radius 1 is 1.37 bits per heavy atom. The van der Waals surface area contributed by atoms with Gasteiger partial charge in [-0.3, -0.25) is 4.79 Å². The van der Waals surface area contributed by atoms with E-state index in [4.69, 9.17) is 16.3 Å². The number of halogens is 1.